The number of rotatable bonds is 5. The van der Waals surface area contributed by atoms with Crippen molar-refractivity contribution in [2.45, 2.75) is 37.8 Å². The van der Waals surface area contributed by atoms with Gasteiger partial charge in [0, 0.05) is 12.0 Å². The maximum absolute atomic E-state index is 13.1. The second-order valence-electron chi connectivity index (χ2n) is 8.21. The zero-order chi connectivity index (χ0) is 20.7. The van der Waals surface area contributed by atoms with Crippen LogP contribution in [0.3, 0.4) is 0 Å². The number of amides is 1. The minimum atomic E-state index is -0.264. The summed E-state index contributed by atoms with van der Waals surface area (Å²) in [6, 6.07) is 23.9. The van der Waals surface area contributed by atoms with Gasteiger partial charge in [-0.25, -0.2) is 4.79 Å². The van der Waals surface area contributed by atoms with Crippen LogP contribution in [-0.2, 0) is 4.74 Å². The molecule has 1 saturated carbocycles. The Morgan fingerprint density at radius 1 is 0.967 bits per heavy atom. The molecular weight excluding hydrogens is 374 g/mol. The van der Waals surface area contributed by atoms with Crippen molar-refractivity contribution >= 4 is 6.09 Å². The average Bonchev–Trinajstić information content (AvgIpc) is 3.55. The molecule has 152 valence electrons. The predicted octanol–water partition coefficient (Wildman–Crippen LogP) is 5.87. The summed E-state index contributed by atoms with van der Waals surface area (Å²) in [5, 5.41) is 9.57. The first-order valence-electron chi connectivity index (χ1n) is 10.6. The number of fused-ring (bicyclic) bond motifs is 3. The van der Waals surface area contributed by atoms with E-state index < -0.39 is 0 Å². The molecule has 0 aromatic heterocycles. The molecule has 1 unspecified atom stereocenters. The molecule has 1 fully saturated rings. The van der Waals surface area contributed by atoms with Gasteiger partial charge in [0.25, 0.3) is 0 Å². The van der Waals surface area contributed by atoms with E-state index in [2.05, 4.69) is 36.4 Å². The quantitative estimate of drug-likeness (QED) is 0.584. The zero-order valence-electron chi connectivity index (χ0n) is 17.0. The first-order valence-corrected chi connectivity index (χ1v) is 10.6. The molecule has 0 bridgehead atoms. The number of phenols is 1. The van der Waals surface area contributed by atoms with Crippen LogP contribution in [0.1, 0.15) is 48.4 Å². The van der Waals surface area contributed by atoms with Crippen molar-refractivity contribution in [2.24, 2.45) is 0 Å². The summed E-state index contributed by atoms with van der Waals surface area (Å²) >= 11 is 0. The minimum Gasteiger partial charge on any atom is -0.508 e. The van der Waals surface area contributed by atoms with Crippen LogP contribution in [0.25, 0.3) is 11.1 Å². The number of hydrogen-bond acceptors (Lipinski definition) is 3. The van der Waals surface area contributed by atoms with Crippen molar-refractivity contribution in [1.82, 2.24) is 4.90 Å². The Labute approximate surface area is 176 Å². The Hall–Kier alpha value is -3.27. The molecule has 0 heterocycles. The normalized spacial score (nSPS) is 15.9. The molecule has 4 heteroatoms. The fourth-order valence-electron chi connectivity index (χ4n) is 4.56. The molecule has 30 heavy (non-hydrogen) atoms. The van der Waals surface area contributed by atoms with Crippen LogP contribution in [0, 0.1) is 0 Å². The number of hydrogen-bond donors (Lipinski definition) is 1. The van der Waals surface area contributed by atoms with Gasteiger partial charge < -0.3 is 9.84 Å². The molecule has 4 nitrogen and oxygen atoms in total. The highest BCUT2D eigenvalue weighted by atomic mass is 16.6. The van der Waals surface area contributed by atoms with E-state index in [0.29, 0.717) is 6.61 Å². The molecular formula is C26H25NO3. The topological polar surface area (TPSA) is 49.8 Å². The Balaban J connectivity index is 1.35. The lowest BCUT2D eigenvalue weighted by Gasteiger charge is -2.29. The molecule has 0 aliphatic heterocycles. The summed E-state index contributed by atoms with van der Waals surface area (Å²) in [7, 11) is 0. The summed E-state index contributed by atoms with van der Waals surface area (Å²) in [6.45, 7) is 2.35. The third kappa shape index (κ3) is 3.32. The fraction of sp³-hybridized carbons (Fsp3) is 0.269. The summed E-state index contributed by atoms with van der Waals surface area (Å²) in [4.78, 5) is 15.0. The number of benzene rings is 3. The van der Waals surface area contributed by atoms with Crippen LogP contribution in [0.2, 0.25) is 0 Å². The molecule has 2 aliphatic rings. The molecule has 5 rings (SSSR count). The number of aromatic hydroxyl groups is 1. The Morgan fingerprint density at radius 2 is 1.53 bits per heavy atom. The smallest absolute Gasteiger partial charge is 0.410 e. The molecule has 1 amide bonds. The summed E-state index contributed by atoms with van der Waals surface area (Å²) in [5.74, 6) is 0.288. The van der Waals surface area contributed by atoms with Crippen molar-refractivity contribution in [2.75, 3.05) is 6.61 Å². The molecule has 3 aromatic carbocycles. The van der Waals surface area contributed by atoms with Crippen LogP contribution in [0.15, 0.2) is 72.8 Å². The Morgan fingerprint density at radius 3 is 2.10 bits per heavy atom. The van der Waals surface area contributed by atoms with Crippen molar-refractivity contribution in [3.63, 3.8) is 0 Å². The number of nitrogens with zero attached hydrogens (tertiary/aromatic N) is 1. The third-order valence-corrected chi connectivity index (χ3v) is 6.28. The molecule has 1 atom stereocenters. The number of carbonyl (C=O) groups excluding carboxylic acids is 1. The molecule has 3 aromatic rings. The van der Waals surface area contributed by atoms with Gasteiger partial charge in [0.1, 0.15) is 12.4 Å². The highest BCUT2D eigenvalue weighted by Crippen LogP contribution is 2.45. The summed E-state index contributed by atoms with van der Waals surface area (Å²) in [5.41, 5.74) is 5.89. The van der Waals surface area contributed by atoms with E-state index in [1.54, 1.807) is 12.1 Å². The number of ether oxygens (including phenoxy) is 1. The fourth-order valence-corrected chi connectivity index (χ4v) is 4.56. The minimum absolute atomic E-state index is 0.0615. The van der Waals surface area contributed by atoms with Gasteiger partial charge >= 0.3 is 6.09 Å². The Bertz CT molecular complexity index is 1030. The molecule has 0 saturated heterocycles. The summed E-state index contributed by atoms with van der Waals surface area (Å²) in [6.07, 6.45) is 1.75. The molecule has 1 N–H and O–H groups in total. The van der Waals surface area contributed by atoms with Gasteiger partial charge in [-0.05, 0) is 59.7 Å². The average molecular weight is 399 g/mol. The van der Waals surface area contributed by atoms with Gasteiger partial charge in [-0.2, -0.15) is 0 Å². The maximum Gasteiger partial charge on any atom is 0.410 e. The van der Waals surface area contributed by atoms with E-state index in [4.69, 9.17) is 4.74 Å². The van der Waals surface area contributed by atoms with Crippen LogP contribution >= 0.6 is 0 Å². The lowest BCUT2D eigenvalue weighted by atomic mass is 9.98. The second-order valence-corrected chi connectivity index (χ2v) is 8.21. The van der Waals surface area contributed by atoms with E-state index in [0.717, 1.165) is 18.4 Å². The van der Waals surface area contributed by atoms with Crippen molar-refractivity contribution in [3.8, 4) is 16.9 Å². The maximum atomic E-state index is 13.1. The lowest BCUT2D eigenvalue weighted by molar-refractivity contribution is 0.0831. The second kappa shape index (κ2) is 7.52. The first-order chi connectivity index (χ1) is 14.6. The predicted molar refractivity (Wildman–Crippen MR) is 116 cm³/mol. The first kappa shape index (κ1) is 18.7. The highest BCUT2D eigenvalue weighted by Gasteiger charge is 2.38. The molecule has 0 radical (unpaired) electrons. The van der Waals surface area contributed by atoms with E-state index >= 15 is 0 Å². The number of phenolic OH excluding ortho intramolecular Hbond substituents is 1. The molecule has 2 aliphatic carbocycles. The van der Waals surface area contributed by atoms with E-state index in [1.165, 1.54) is 22.3 Å². The van der Waals surface area contributed by atoms with Crippen LogP contribution < -0.4 is 0 Å². The van der Waals surface area contributed by atoms with Crippen molar-refractivity contribution in [3.05, 3.63) is 89.5 Å². The van der Waals surface area contributed by atoms with Gasteiger partial charge in [-0.1, -0.05) is 60.7 Å². The van der Waals surface area contributed by atoms with Crippen LogP contribution in [0.4, 0.5) is 4.79 Å². The monoisotopic (exact) mass is 399 g/mol. The van der Waals surface area contributed by atoms with Crippen molar-refractivity contribution < 1.29 is 14.6 Å². The number of carbonyl (C=O) groups is 1. The summed E-state index contributed by atoms with van der Waals surface area (Å²) < 4.78 is 5.91. The van der Waals surface area contributed by atoms with E-state index in [9.17, 15) is 9.90 Å². The lowest BCUT2D eigenvalue weighted by Crippen LogP contribution is -2.36. The van der Waals surface area contributed by atoms with E-state index in [-0.39, 0.29) is 29.8 Å². The van der Waals surface area contributed by atoms with Gasteiger partial charge in [-0.3, -0.25) is 4.90 Å². The molecule has 0 spiro atoms. The largest absolute Gasteiger partial charge is 0.508 e. The highest BCUT2D eigenvalue weighted by molar-refractivity contribution is 5.79. The van der Waals surface area contributed by atoms with Gasteiger partial charge in [0.15, 0.2) is 0 Å². The zero-order valence-corrected chi connectivity index (χ0v) is 17.0. The third-order valence-electron chi connectivity index (χ3n) is 6.28. The van der Waals surface area contributed by atoms with Crippen LogP contribution in [-0.4, -0.2) is 28.7 Å². The van der Waals surface area contributed by atoms with Crippen LogP contribution in [0.5, 0.6) is 5.75 Å². The van der Waals surface area contributed by atoms with Crippen molar-refractivity contribution in [1.29, 1.82) is 0 Å². The standard InChI is InChI=1S/C26H25NO3/c1-17(18-10-14-20(28)15-11-18)27(19-12-13-19)26(29)30-16-25-23-8-4-2-6-21(23)22-7-3-5-9-24(22)25/h2-11,14-15,17,19,25,28H,12-13,16H2,1H3. The van der Waals surface area contributed by atoms with Gasteiger partial charge in [0.2, 0.25) is 0 Å². The van der Waals surface area contributed by atoms with Gasteiger partial charge in [-0.15, -0.1) is 0 Å². The SMILES string of the molecule is CC(c1ccc(O)cc1)N(C(=O)OCC1c2ccccc2-c2ccccc21)C1CC1. The van der Waals surface area contributed by atoms with E-state index in [1.807, 2.05) is 36.1 Å². The Kier molecular flexibility index (Phi) is 4.70. The van der Waals surface area contributed by atoms with Gasteiger partial charge in [0.05, 0.1) is 6.04 Å².